The molecule has 0 atom stereocenters. The maximum absolute atomic E-state index is 12.4. The number of ether oxygens (including phenoxy) is 2. The van der Waals surface area contributed by atoms with Crippen LogP contribution in [0.3, 0.4) is 0 Å². The first-order valence-corrected chi connectivity index (χ1v) is 9.20. The summed E-state index contributed by atoms with van der Waals surface area (Å²) in [5.74, 6) is 1.10. The zero-order chi connectivity index (χ0) is 19.7. The van der Waals surface area contributed by atoms with Gasteiger partial charge in [0.15, 0.2) is 17.2 Å². The zero-order valence-electron chi connectivity index (χ0n) is 15.8. The van der Waals surface area contributed by atoms with Crippen LogP contribution in [0.25, 0.3) is 10.9 Å². The number of aromatic hydroxyl groups is 1. The van der Waals surface area contributed by atoms with Crippen LogP contribution >= 0.6 is 0 Å². The predicted octanol–water partition coefficient (Wildman–Crippen LogP) is 5.05. The van der Waals surface area contributed by atoms with Gasteiger partial charge in [-0.05, 0) is 36.6 Å². The molecular formula is C21H21N3O4. The Balaban J connectivity index is 1.65. The molecule has 0 saturated carbocycles. The summed E-state index contributed by atoms with van der Waals surface area (Å²) in [6.45, 7) is 5.06. The van der Waals surface area contributed by atoms with E-state index in [-0.39, 0.29) is 12.7 Å². The fourth-order valence-electron chi connectivity index (χ4n) is 3.17. The van der Waals surface area contributed by atoms with Gasteiger partial charge in [-0.15, -0.1) is 10.2 Å². The van der Waals surface area contributed by atoms with E-state index in [1.807, 2.05) is 28.8 Å². The fourth-order valence-corrected chi connectivity index (χ4v) is 3.17. The van der Waals surface area contributed by atoms with Crippen molar-refractivity contribution in [1.29, 1.82) is 0 Å². The third-order valence-electron chi connectivity index (χ3n) is 4.71. The van der Waals surface area contributed by atoms with Crippen LogP contribution in [0, 0.1) is 5.92 Å². The summed E-state index contributed by atoms with van der Waals surface area (Å²) < 4.78 is 12.3. The van der Waals surface area contributed by atoms with Crippen molar-refractivity contribution in [1.82, 2.24) is 4.57 Å². The molecule has 3 aromatic rings. The summed E-state index contributed by atoms with van der Waals surface area (Å²) >= 11 is 0. The van der Waals surface area contributed by atoms with Crippen LogP contribution in [-0.4, -0.2) is 22.4 Å². The molecule has 1 N–H and O–H groups in total. The molecule has 0 unspecified atom stereocenters. The number of amides is 1. The van der Waals surface area contributed by atoms with Crippen molar-refractivity contribution in [3.05, 3.63) is 48.0 Å². The molecule has 2 aromatic carbocycles. The summed E-state index contributed by atoms with van der Waals surface area (Å²) in [5, 5.41) is 19.4. The van der Waals surface area contributed by atoms with E-state index < -0.39 is 5.91 Å². The van der Waals surface area contributed by atoms with Gasteiger partial charge in [0, 0.05) is 17.5 Å². The SMILES string of the molecule is CC(C)CCn1c(O)c(N=NC(=O)c2ccc3c(c2)OCO3)c2ccccc21. The quantitative estimate of drug-likeness (QED) is 0.629. The smallest absolute Gasteiger partial charge is 0.295 e. The monoisotopic (exact) mass is 379 g/mol. The van der Waals surface area contributed by atoms with Crippen LogP contribution in [0.2, 0.25) is 0 Å². The van der Waals surface area contributed by atoms with Crippen LogP contribution in [0.5, 0.6) is 17.4 Å². The number of azo groups is 1. The number of nitrogens with zero attached hydrogens (tertiary/aromatic N) is 3. The van der Waals surface area contributed by atoms with Crippen LogP contribution in [0.15, 0.2) is 52.7 Å². The van der Waals surface area contributed by atoms with Crippen molar-refractivity contribution in [2.24, 2.45) is 16.1 Å². The molecule has 0 aliphatic carbocycles. The van der Waals surface area contributed by atoms with Crippen LogP contribution < -0.4 is 9.47 Å². The minimum atomic E-state index is -0.517. The molecule has 7 nitrogen and oxygen atoms in total. The number of aromatic nitrogens is 1. The number of hydrogen-bond donors (Lipinski definition) is 1. The lowest BCUT2D eigenvalue weighted by molar-refractivity contribution is 0.0994. The standard InChI is InChI=1S/C21H21N3O4/c1-13(2)9-10-24-16-6-4-3-5-15(16)19(21(24)26)22-23-20(25)14-7-8-17-18(11-14)28-12-27-17/h3-8,11,13,26H,9-10,12H2,1-2H3. The molecule has 1 aliphatic heterocycles. The second kappa shape index (κ2) is 7.34. The Morgan fingerprint density at radius 2 is 1.96 bits per heavy atom. The number of carbonyl (C=O) groups excluding carboxylic acids is 1. The Morgan fingerprint density at radius 3 is 2.79 bits per heavy atom. The minimum Gasteiger partial charge on any atom is -0.493 e. The molecule has 0 saturated heterocycles. The van der Waals surface area contributed by atoms with Gasteiger partial charge in [-0.1, -0.05) is 32.0 Å². The largest absolute Gasteiger partial charge is 0.493 e. The summed E-state index contributed by atoms with van der Waals surface area (Å²) in [4.78, 5) is 12.4. The average molecular weight is 379 g/mol. The van der Waals surface area contributed by atoms with Gasteiger partial charge in [-0.25, -0.2) is 0 Å². The Kier molecular flexibility index (Phi) is 4.73. The molecule has 144 valence electrons. The maximum atomic E-state index is 12.4. The number of hydrogen-bond acceptors (Lipinski definition) is 5. The van der Waals surface area contributed by atoms with Gasteiger partial charge in [0.25, 0.3) is 5.91 Å². The molecule has 4 rings (SSSR count). The first-order chi connectivity index (χ1) is 13.5. The third kappa shape index (κ3) is 3.31. The van der Waals surface area contributed by atoms with Crippen LogP contribution in [-0.2, 0) is 6.54 Å². The van der Waals surface area contributed by atoms with E-state index >= 15 is 0 Å². The van der Waals surface area contributed by atoms with E-state index in [4.69, 9.17) is 9.47 Å². The van der Waals surface area contributed by atoms with E-state index in [1.54, 1.807) is 18.2 Å². The molecule has 0 fully saturated rings. The highest BCUT2D eigenvalue weighted by atomic mass is 16.7. The summed E-state index contributed by atoms with van der Waals surface area (Å²) in [6.07, 6.45) is 0.916. The zero-order valence-corrected chi connectivity index (χ0v) is 15.8. The highest BCUT2D eigenvalue weighted by molar-refractivity contribution is 5.97. The molecule has 7 heteroatoms. The molecule has 0 spiro atoms. The predicted molar refractivity (Wildman–Crippen MR) is 104 cm³/mol. The van der Waals surface area contributed by atoms with Gasteiger partial charge in [0.05, 0.1) is 5.52 Å². The van der Waals surface area contributed by atoms with Crippen molar-refractivity contribution >= 4 is 22.5 Å². The second-order valence-electron chi connectivity index (χ2n) is 7.10. The molecule has 2 heterocycles. The Labute approximate surface area is 162 Å². The number of carbonyl (C=O) groups is 1. The lowest BCUT2D eigenvalue weighted by atomic mass is 10.1. The normalized spacial score (nSPS) is 13.1. The highest BCUT2D eigenvalue weighted by Gasteiger charge is 2.18. The van der Waals surface area contributed by atoms with Gasteiger partial charge >= 0.3 is 0 Å². The molecule has 28 heavy (non-hydrogen) atoms. The Hall–Kier alpha value is -3.35. The van der Waals surface area contributed by atoms with Crippen molar-refractivity contribution in [3.8, 4) is 17.4 Å². The fraction of sp³-hybridized carbons (Fsp3) is 0.286. The molecule has 1 aliphatic rings. The first-order valence-electron chi connectivity index (χ1n) is 9.20. The Morgan fingerprint density at radius 1 is 1.18 bits per heavy atom. The summed E-state index contributed by atoms with van der Waals surface area (Å²) in [7, 11) is 0. The molecule has 1 amide bonds. The van der Waals surface area contributed by atoms with Gasteiger partial charge in [-0.3, -0.25) is 4.79 Å². The minimum absolute atomic E-state index is 0.0177. The first kappa shape index (κ1) is 18.0. The van der Waals surface area contributed by atoms with Crippen molar-refractivity contribution in [2.75, 3.05) is 6.79 Å². The number of aryl methyl sites for hydroxylation is 1. The van der Waals surface area contributed by atoms with Crippen LogP contribution in [0.4, 0.5) is 5.69 Å². The van der Waals surface area contributed by atoms with Gasteiger partial charge in [-0.2, -0.15) is 0 Å². The molecule has 0 bridgehead atoms. The van der Waals surface area contributed by atoms with Gasteiger partial charge in [0.1, 0.15) is 0 Å². The van der Waals surface area contributed by atoms with Gasteiger partial charge < -0.3 is 19.1 Å². The number of rotatable bonds is 5. The van der Waals surface area contributed by atoms with E-state index in [1.165, 1.54) is 0 Å². The number of benzene rings is 2. The summed E-state index contributed by atoms with van der Waals surface area (Å²) in [6, 6.07) is 12.4. The van der Waals surface area contributed by atoms with Gasteiger partial charge in [0.2, 0.25) is 12.7 Å². The maximum Gasteiger partial charge on any atom is 0.295 e. The van der Waals surface area contributed by atoms with E-state index in [9.17, 15) is 9.90 Å². The van der Waals surface area contributed by atoms with Crippen molar-refractivity contribution in [2.45, 2.75) is 26.8 Å². The average Bonchev–Trinajstić information content (AvgIpc) is 3.26. The topological polar surface area (TPSA) is 85.4 Å². The van der Waals surface area contributed by atoms with E-state index in [0.29, 0.717) is 35.2 Å². The lowest BCUT2D eigenvalue weighted by Crippen LogP contribution is -2.00. The van der Waals surface area contributed by atoms with Crippen molar-refractivity contribution in [3.63, 3.8) is 0 Å². The number of fused-ring (bicyclic) bond motifs is 2. The number of para-hydroxylation sites is 1. The highest BCUT2D eigenvalue weighted by Crippen LogP contribution is 2.39. The second-order valence-corrected chi connectivity index (χ2v) is 7.10. The Bertz CT molecular complexity index is 1070. The lowest BCUT2D eigenvalue weighted by Gasteiger charge is -2.08. The third-order valence-corrected chi connectivity index (χ3v) is 4.71. The van der Waals surface area contributed by atoms with Crippen LogP contribution in [0.1, 0.15) is 30.6 Å². The van der Waals surface area contributed by atoms with E-state index in [2.05, 4.69) is 24.1 Å². The molecular weight excluding hydrogens is 358 g/mol. The van der Waals surface area contributed by atoms with E-state index in [0.717, 1.165) is 17.3 Å². The molecule has 0 radical (unpaired) electrons. The summed E-state index contributed by atoms with van der Waals surface area (Å²) in [5.41, 5.74) is 1.51. The molecule has 1 aromatic heterocycles. The van der Waals surface area contributed by atoms with Crippen molar-refractivity contribution < 1.29 is 19.4 Å².